The number of benzene rings is 1. The van der Waals surface area contributed by atoms with Crippen LogP contribution >= 0.6 is 11.6 Å². The second-order valence-corrected chi connectivity index (χ2v) is 3.83. The Morgan fingerprint density at radius 1 is 1.47 bits per heavy atom. The Hall–Kier alpha value is -1.06. The van der Waals surface area contributed by atoms with E-state index in [9.17, 15) is 4.39 Å². The lowest BCUT2D eigenvalue weighted by Crippen LogP contribution is -2.15. The summed E-state index contributed by atoms with van der Waals surface area (Å²) in [4.78, 5) is 0. The molecule has 0 fully saturated rings. The molecule has 0 spiro atoms. The fraction of sp³-hybridized carbons (Fsp3) is 0.385. The molecule has 2 nitrogen and oxygen atoms in total. The van der Waals surface area contributed by atoms with Gasteiger partial charge in [0.05, 0.1) is 0 Å². The van der Waals surface area contributed by atoms with Crippen molar-refractivity contribution in [3.05, 3.63) is 41.2 Å². The van der Waals surface area contributed by atoms with E-state index in [-0.39, 0.29) is 12.4 Å². The molecule has 0 aliphatic rings. The standard InChI is InChI=1S/C13H17ClFNO/c1-2-8-16-10-11-5-3-6-12(15)13(11)17-9-4-7-14/h3-7,16H,2,8-10H2,1H3/b7-4+. The average Bonchev–Trinajstić information content (AvgIpc) is 2.33. The summed E-state index contributed by atoms with van der Waals surface area (Å²) < 4.78 is 18.9. The van der Waals surface area contributed by atoms with Gasteiger partial charge >= 0.3 is 0 Å². The van der Waals surface area contributed by atoms with Crippen LogP contribution in [0.2, 0.25) is 0 Å². The molecule has 0 aliphatic heterocycles. The Balaban J connectivity index is 2.69. The largest absolute Gasteiger partial charge is 0.486 e. The highest BCUT2D eigenvalue weighted by atomic mass is 35.5. The van der Waals surface area contributed by atoms with Crippen LogP contribution in [0.25, 0.3) is 0 Å². The lowest BCUT2D eigenvalue weighted by Gasteiger charge is -2.11. The smallest absolute Gasteiger partial charge is 0.165 e. The monoisotopic (exact) mass is 257 g/mol. The summed E-state index contributed by atoms with van der Waals surface area (Å²) in [5.74, 6) is -0.0466. The first-order valence-electron chi connectivity index (χ1n) is 5.65. The zero-order valence-corrected chi connectivity index (χ0v) is 10.6. The molecule has 0 aliphatic carbocycles. The number of ether oxygens (including phenoxy) is 1. The van der Waals surface area contributed by atoms with Crippen LogP contribution in [-0.4, -0.2) is 13.2 Å². The molecule has 4 heteroatoms. The maximum absolute atomic E-state index is 13.6. The van der Waals surface area contributed by atoms with Crippen molar-refractivity contribution in [3.8, 4) is 5.75 Å². The van der Waals surface area contributed by atoms with Crippen LogP contribution in [0.5, 0.6) is 5.75 Å². The molecule has 17 heavy (non-hydrogen) atoms. The summed E-state index contributed by atoms with van der Waals surface area (Å²) in [7, 11) is 0. The number of rotatable bonds is 7. The number of hydrogen-bond donors (Lipinski definition) is 1. The summed E-state index contributed by atoms with van der Waals surface area (Å²) in [6, 6.07) is 4.93. The molecular formula is C13H17ClFNO. The van der Waals surface area contributed by atoms with Crippen LogP contribution in [0.4, 0.5) is 4.39 Å². The molecule has 0 unspecified atom stereocenters. The number of halogens is 2. The normalized spacial score (nSPS) is 11.0. The fourth-order valence-corrected chi connectivity index (χ4v) is 1.49. The molecule has 0 amide bonds. The summed E-state index contributed by atoms with van der Waals surface area (Å²) in [6.45, 7) is 3.86. The first kappa shape index (κ1) is 14.0. The average molecular weight is 258 g/mol. The van der Waals surface area contributed by atoms with E-state index in [0.29, 0.717) is 12.3 Å². The van der Waals surface area contributed by atoms with Gasteiger partial charge in [0.1, 0.15) is 6.61 Å². The van der Waals surface area contributed by atoms with E-state index in [4.69, 9.17) is 16.3 Å². The molecule has 1 N–H and O–H groups in total. The van der Waals surface area contributed by atoms with Crippen LogP contribution in [0.3, 0.4) is 0 Å². The lowest BCUT2D eigenvalue weighted by molar-refractivity contribution is 0.336. The topological polar surface area (TPSA) is 21.3 Å². The van der Waals surface area contributed by atoms with Crippen molar-refractivity contribution in [2.24, 2.45) is 0 Å². The molecule has 0 heterocycles. The van der Waals surface area contributed by atoms with E-state index in [1.807, 2.05) is 6.07 Å². The van der Waals surface area contributed by atoms with Gasteiger partial charge < -0.3 is 10.1 Å². The van der Waals surface area contributed by atoms with Gasteiger partial charge in [0, 0.05) is 17.6 Å². The summed E-state index contributed by atoms with van der Waals surface area (Å²) >= 11 is 5.38. The number of hydrogen-bond acceptors (Lipinski definition) is 2. The van der Waals surface area contributed by atoms with E-state index in [2.05, 4.69) is 12.2 Å². The zero-order valence-electron chi connectivity index (χ0n) is 9.88. The minimum absolute atomic E-state index is 0.269. The molecule has 0 saturated heterocycles. The van der Waals surface area contributed by atoms with Gasteiger partial charge in [-0.25, -0.2) is 4.39 Å². The SMILES string of the molecule is CCCNCc1cccc(F)c1OC/C=C/Cl. The maximum Gasteiger partial charge on any atom is 0.165 e. The summed E-state index contributed by atoms with van der Waals surface area (Å²) in [6.07, 6.45) is 2.66. The van der Waals surface area contributed by atoms with Crippen LogP contribution in [0.1, 0.15) is 18.9 Å². The van der Waals surface area contributed by atoms with Crippen molar-refractivity contribution in [3.63, 3.8) is 0 Å². The third kappa shape index (κ3) is 4.75. The van der Waals surface area contributed by atoms with Gasteiger partial charge in [0.15, 0.2) is 11.6 Å². The molecule has 0 atom stereocenters. The van der Waals surface area contributed by atoms with Gasteiger partial charge in [-0.15, -0.1) is 0 Å². The van der Waals surface area contributed by atoms with Crippen LogP contribution in [-0.2, 0) is 6.54 Å². The lowest BCUT2D eigenvalue weighted by atomic mass is 10.2. The predicted molar refractivity (Wildman–Crippen MR) is 68.9 cm³/mol. The van der Waals surface area contributed by atoms with E-state index < -0.39 is 0 Å². The van der Waals surface area contributed by atoms with Crippen molar-refractivity contribution in [2.45, 2.75) is 19.9 Å². The maximum atomic E-state index is 13.6. The fourth-order valence-electron chi connectivity index (χ4n) is 1.42. The van der Waals surface area contributed by atoms with E-state index in [1.54, 1.807) is 12.1 Å². The highest BCUT2D eigenvalue weighted by Gasteiger charge is 2.08. The van der Waals surface area contributed by atoms with Gasteiger partial charge in [0.2, 0.25) is 0 Å². The Morgan fingerprint density at radius 2 is 2.29 bits per heavy atom. The molecule has 0 aromatic heterocycles. The highest BCUT2D eigenvalue weighted by molar-refractivity contribution is 6.25. The second-order valence-electron chi connectivity index (χ2n) is 3.58. The minimum atomic E-state index is -0.344. The van der Waals surface area contributed by atoms with Crippen LogP contribution in [0, 0.1) is 5.82 Å². The highest BCUT2D eigenvalue weighted by Crippen LogP contribution is 2.22. The van der Waals surface area contributed by atoms with Crippen LogP contribution < -0.4 is 10.1 Å². The second kappa shape index (κ2) is 8.09. The van der Waals surface area contributed by atoms with E-state index in [1.165, 1.54) is 11.6 Å². The quantitative estimate of drug-likeness (QED) is 0.756. The van der Waals surface area contributed by atoms with Gasteiger partial charge in [-0.05, 0) is 25.1 Å². The molecule has 1 aromatic carbocycles. The molecule has 0 bridgehead atoms. The van der Waals surface area contributed by atoms with Gasteiger partial charge in [-0.2, -0.15) is 0 Å². The molecule has 0 saturated carbocycles. The predicted octanol–water partition coefficient (Wildman–Crippen LogP) is 3.46. The summed E-state index contributed by atoms with van der Waals surface area (Å²) in [5.41, 5.74) is 2.18. The Kier molecular flexibility index (Phi) is 6.67. The Labute approximate surface area is 106 Å². The first-order chi connectivity index (χ1) is 8.29. The molecule has 94 valence electrons. The first-order valence-corrected chi connectivity index (χ1v) is 6.09. The molecule has 0 radical (unpaired) electrons. The van der Waals surface area contributed by atoms with E-state index in [0.717, 1.165) is 18.5 Å². The van der Waals surface area contributed by atoms with Gasteiger partial charge in [0.25, 0.3) is 0 Å². The van der Waals surface area contributed by atoms with Crippen molar-refractivity contribution >= 4 is 11.6 Å². The zero-order chi connectivity index (χ0) is 12.5. The third-order valence-electron chi connectivity index (χ3n) is 2.20. The summed E-state index contributed by atoms with van der Waals surface area (Å²) in [5, 5.41) is 3.22. The molecule has 1 rings (SSSR count). The van der Waals surface area contributed by atoms with Crippen molar-refractivity contribution in [1.82, 2.24) is 5.32 Å². The number of para-hydroxylation sites is 1. The van der Waals surface area contributed by atoms with Gasteiger partial charge in [-0.1, -0.05) is 30.7 Å². The third-order valence-corrected chi connectivity index (χ3v) is 2.38. The molecule has 1 aromatic rings. The molecular weight excluding hydrogens is 241 g/mol. The van der Waals surface area contributed by atoms with Crippen molar-refractivity contribution in [2.75, 3.05) is 13.2 Å². The Bertz CT molecular complexity index is 368. The van der Waals surface area contributed by atoms with Gasteiger partial charge in [-0.3, -0.25) is 0 Å². The van der Waals surface area contributed by atoms with E-state index >= 15 is 0 Å². The van der Waals surface area contributed by atoms with Crippen LogP contribution in [0.15, 0.2) is 29.8 Å². The Morgan fingerprint density at radius 3 is 3.00 bits per heavy atom. The number of nitrogens with one attached hydrogen (secondary N) is 1. The minimum Gasteiger partial charge on any atom is -0.486 e. The van der Waals surface area contributed by atoms with Crippen molar-refractivity contribution < 1.29 is 9.13 Å². The van der Waals surface area contributed by atoms with Crippen molar-refractivity contribution in [1.29, 1.82) is 0 Å².